The first kappa shape index (κ1) is 21.0. The molecule has 0 unspecified atom stereocenters. The van der Waals surface area contributed by atoms with Gasteiger partial charge in [-0.2, -0.15) is 0 Å². The standard InChI is InChI=1S/C21H20ClN3O3S2/c22-17-9-8-16(23-20-24-10-4-5-11-25(24)21(27)30-20)12-18(17)29-14-19(26)28-13-15-6-2-1-3-7-15/h1-3,6-9,12H,4-5,10-11,13-14H2. The molecule has 0 saturated heterocycles. The smallest absolute Gasteiger partial charge is 0.325 e. The molecule has 0 atom stereocenters. The Bertz CT molecular complexity index is 1170. The van der Waals surface area contributed by atoms with Crippen molar-refractivity contribution in [3.63, 3.8) is 0 Å². The Labute approximate surface area is 186 Å². The van der Waals surface area contributed by atoms with Crippen molar-refractivity contribution < 1.29 is 9.53 Å². The Morgan fingerprint density at radius 3 is 2.70 bits per heavy atom. The molecule has 1 aliphatic heterocycles. The van der Waals surface area contributed by atoms with E-state index in [0.717, 1.165) is 47.7 Å². The number of hydrogen-bond acceptors (Lipinski definition) is 6. The third-order valence-electron chi connectivity index (χ3n) is 4.62. The molecule has 30 heavy (non-hydrogen) atoms. The van der Waals surface area contributed by atoms with Crippen molar-refractivity contribution >= 4 is 46.4 Å². The van der Waals surface area contributed by atoms with Crippen LogP contribution in [0.25, 0.3) is 0 Å². The molecule has 3 aromatic rings. The van der Waals surface area contributed by atoms with Crippen LogP contribution in [0.2, 0.25) is 5.02 Å². The third-order valence-corrected chi connectivity index (χ3v) is 6.96. The van der Waals surface area contributed by atoms with E-state index in [4.69, 9.17) is 16.3 Å². The van der Waals surface area contributed by atoms with Crippen molar-refractivity contribution in [1.82, 2.24) is 9.36 Å². The lowest BCUT2D eigenvalue weighted by atomic mass is 10.2. The summed E-state index contributed by atoms with van der Waals surface area (Å²) in [5.74, 6) is -0.155. The quantitative estimate of drug-likeness (QED) is 0.407. The molecule has 2 aromatic carbocycles. The maximum Gasteiger partial charge on any atom is 0.325 e. The highest BCUT2D eigenvalue weighted by molar-refractivity contribution is 8.00. The van der Waals surface area contributed by atoms with E-state index < -0.39 is 0 Å². The van der Waals surface area contributed by atoms with Crippen LogP contribution < -0.4 is 9.67 Å². The lowest BCUT2D eigenvalue weighted by Crippen LogP contribution is -2.31. The number of hydrogen-bond donors (Lipinski definition) is 0. The van der Waals surface area contributed by atoms with E-state index in [9.17, 15) is 9.59 Å². The summed E-state index contributed by atoms with van der Waals surface area (Å²) in [4.78, 5) is 30.3. The lowest BCUT2D eigenvalue weighted by molar-refractivity contribution is -0.141. The zero-order valence-corrected chi connectivity index (χ0v) is 18.5. The fraction of sp³-hybridized carbons (Fsp3) is 0.286. The minimum absolute atomic E-state index is 0.0122. The normalized spacial score (nSPS) is 13.8. The predicted molar refractivity (Wildman–Crippen MR) is 119 cm³/mol. The molecular weight excluding hydrogens is 442 g/mol. The van der Waals surface area contributed by atoms with Gasteiger partial charge in [-0.1, -0.05) is 41.9 Å². The highest BCUT2D eigenvalue weighted by Gasteiger charge is 2.13. The molecule has 4 rings (SSSR count). The van der Waals surface area contributed by atoms with Crippen LogP contribution in [0.1, 0.15) is 18.4 Å². The Kier molecular flexibility index (Phi) is 6.76. The van der Waals surface area contributed by atoms with Gasteiger partial charge in [0.2, 0.25) is 4.80 Å². The van der Waals surface area contributed by atoms with Crippen molar-refractivity contribution in [2.24, 2.45) is 4.99 Å². The van der Waals surface area contributed by atoms with Crippen LogP contribution in [0.15, 0.2) is 63.2 Å². The summed E-state index contributed by atoms with van der Waals surface area (Å²) in [5, 5.41) is 0.551. The average Bonchev–Trinajstić information content (AvgIpc) is 3.09. The first-order chi connectivity index (χ1) is 14.6. The van der Waals surface area contributed by atoms with Crippen LogP contribution in [0.5, 0.6) is 0 Å². The van der Waals surface area contributed by atoms with Gasteiger partial charge in [0.25, 0.3) is 0 Å². The van der Waals surface area contributed by atoms with Crippen molar-refractivity contribution in [2.75, 3.05) is 5.75 Å². The maximum atomic E-state index is 12.2. The van der Waals surface area contributed by atoms with Crippen LogP contribution in [0.4, 0.5) is 5.69 Å². The van der Waals surface area contributed by atoms with E-state index in [1.807, 2.05) is 47.1 Å². The summed E-state index contributed by atoms with van der Waals surface area (Å²) in [6.07, 6.45) is 2.05. The van der Waals surface area contributed by atoms with Crippen LogP contribution in [-0.2, 0) is 29.2 Å². The highest BCUT2D eigenvalue weighted by atomic mass is 35.5. The summed E-state index contributed by atoms with van der Waals surface area (Å²) >= 11 is 8.76. The van der Waals surface area contributed by atoms with E-state index in [-0.39, 0.29) is 23.2 Å². The molecule has 156 valence electrons. The predicted octanol–water partition coefficient (Wildman–Crippen LogP) is 4.23. The largest absolute Gasteiger partial charge is 0.460 e. The third kappa shape index (κ3) is 5.06. The first-order valence-electron chi connectivity index (χ1n) is 9.57. The van der Waals surface area contributed by atoms with Gasteiger partial charge in [-0.05, 0) is 47.9 Å². The number of carbonyl (C=O) groups is 1. The van der Waals surface area contributed by atoms with Gasteiger partial charge < -0.3 is 4.74 Å². The fourth-order valence-electron chi connectivity index (χ4n) is 3.12. The van der Waals surface area contributed by atoms with Crippen molar-refractivity contribution in [3.05, 3.63) is 73.6 Å². The van der Waals surface area contributed by atoms with Crippen LogP contribution >= 0.6 is 34.7 Å². The molecular formula is C21H20ClN3O3S2. The Hall–Kier alpha value is -2.29. The van der Waals surface area contributed by atoms with Crippen molar-refractivity contribution in [3.8, 4) is 0 Å². The van der Waals surface area contributed by atoms with Gasteiger partial charge in [0.15, 0.2) is 0 Å². The Morgan fingerprint density at radius 2 is 1.90 bits per heavy atom. The van der Waals surface area contributed by atoms with Crippen LogP contribution in [-0.4, -0.2) is 21.1 Å². The van der Waals surface area contributed by atoms with E-state index in [2.05, 4.69) is 4.99 Å². The summed E-state index contributed by atoms with van der Waals surface area (Å²) < 4.78 is 9.01. The number of ether oxygens (including phenoxy) is 1. The van der Waals surface area contributed by atoms with Gasteiger partial charge in [0, 0.05) is 18.0 Å². The molecule has 2 heterocycles. The molecule has 0 spiro atoms. The minimum Gasteiger partial charge on any atom is -0.460 e. The molecule has 0 amide bonds. The van der Waals surface area contributed by atoms with Gasteiger partial charge in [-0.3, -0.25) is 14.3 Å². The number of rotatable bonds is 6. The van der Waals surface area contributed by atoms with Crippen LogP contribution in [0.3, 0.4) is 0 Å². The zero-order chi connectivity index (χ0) is 20.9. The van der Waals surface area contributed by atoms with Crippen LogP contribution in [0, 0.1) is 0 Å². The van der Waals surface area contributed by atoms with Gasteiger partial charge in [-0.15, -0.1) is 11.8 Å². The molecule has 0 aliphatic carbocycles. The molecule has 9 heteroatoms. The monoisotopic (exact) mass is 461 g/mol. The van der Waals surface area contributed by atoms with E-state index >= 15 is 0 Å². The molecule has 1 aromatic heterocycles. The number of nitrogens with zero attached hydrogens (tertiary/aromatic N) is 3. The number of carbonyl (C=O) groups excluding carboxylic acids is 1. The SMILES string of the molecule is O=C(CSc1cc(N=c2sc(=O)n3n2CCCC3)ccc1Cl)OCc1ccccc1. The van der Waals surface area contributed by atoms with Gasteiger partial charge in [0.1, 0.15) is 6.61 Å². The van der Waals surface area contributed by atoms with E-state index in [1.165, 1.54) is 11.8 Å². The summed E-state index contributed by atoms with van der Waals surface area (Å²) in [6, 6.07) is 15.0. The molecule has 0 fully saturated rings. The Morgan fingerprint density at radius 1 is 1.13 bits per heavy atom. The molecule has 1 aliphatic rings. The molecule has 0 N–H and O–H groups in total. The molecule has 0 bridgehead atoms. The van der Waals surface area contributed by atoms with Gasteiger partial charge in [-0.25, -0.2) is 9.67 Å². The second kappa shape index (κ2) is 9.68. The molecule has 0 radical (unpaired) electrons. The summed E-state index contributed by atoms with van der Waals surface area (Å²) in [7, 11) is 0. The number of benzene rings is 2. The van der Waals surface area contributed by atoms with Gasteiger partial charge in [0.05, 0.1) is 16.5 Å². The highest BCUT2D eigenvalue weighted by Crippen LogP contribution is 2.31. The van der Waals surface area contributed by atoms with Crippen molar-refractivity contribution in [2.45, 2.75) is 37.4 Å². The lowest BCUT2D eigenvalue weighted by Gasteiger charge is -2.15. The Balaban J connectivity index is 1.45. The van der Waals surface area contributed by atoms with Gasteiger partial charge >= 0.3 is 10.8 Å². The topological polar surface area (TPSA) is 65.6 Å². The fourth-order valence-corrected chi connectivity index (χ4v) is 5.06. The second-order valence-electron chi connectivity index (χ2n) is 6.77. The number of thioether (sulfide) groups is 1. The van der Waals surface area contributed by atoms with E-state index in [1.54, 1.807) is 10.7 Å². The van der Waals surface area contributed by atoms with E-state index in [0.29, 0.717) is 15.5 Å². The second-order valence-corrected chi connectivity index (χ2v) is 9.11. The molecule has 6 nitrogen and oxygen atoms in total. The molecule has 0 saturated carbocycles. The van der Waals surface area contributed by atoms with Crippen molar-refractivity contribution in [1.29, 1.82) is 0 Å². The summed E-state index contributed by atoms with van der Waals surface area (Å²) in [6.45, 7) is 1.77. The first-order valence-corrected chi connectivity index (χ1v) is 11.8. The number of esters is 1. The minimum atomic E-state index is -0.308. The zero-order valence-electron chi connectivity index (χ0n) is 16.1. The number of fused-ring (bicyclic) bond motifs is 1. The number of halogens is 1. The summed E-state index contributed by atoms with van der Waals surface area (Å²) in [5.41, 5.74) is 1.64. The maximum absolute atomic E-state index is 12.2. The average molecular weight is 462 g/mol. The number of aromatic nitrogens is 2.